The van der Waals surface area contributed by atoms with E-state index in [1.54, 1.807) is 6.92 Å². The van der Waals surface area contributed by atoms with E-state index in [4.69, 9.17) is 4.74 Å². The van der Waals surface area contributed by atoms with Gasteiger partial charge in [0, 0.05) is 12.2 Å². The molecule has 0 aromatic heterocycles. The molecule has 0 spiro atoms. The van der Waals surface area contributed by atoms with Gasteiger partial charge >= 0.3 is 0 Å². The number of nitrogens with one attached hydrogen (secondary N) is 2. The van der Waals surface area contributed by atoms with Gasteiger partial charge in [-0.1, -0.05) is 30.3 Å². The minimum atomic E-state index is -0.555. The van der Waals surface area contributed by atoms with Crippen molar-refractivity contribution in [3.05, 3.63) is 60.2 Å². The van der Waals surface area contributed by atoms with Crippen LogP contribution in [0.3, 0.4) is 0 Å². The summed E-state index contributed by atoms with van der Waals surface area (Å²) in [6.07, 6.45) is -0.555. The summed E-state index contributed by atoms with van der Waals surface area (Å²) in [7, 11) is 1.90. The molecule has 0 heterocycles. The topological polar surface area (TPSA) is 50.4 Å². The third-order valence-corrected chi connectivity index (χ3v) is 3.03. The van der Waals surface area contributed by atoms with E-state index < -0.39 is 6.10 Å². The highest BCUT2D eigenvalue weighted by atomic mass is 16.5. The summed E-state index contributed by atoms with van der Waals surface area (Å²) >= 11 is 0. The fourth-order valence-electron chi connectivity index (χ4n) is 1.91. The molecule has 1 atom stereocenters. The van der Waals surface area contributed by atoms with Gasteiger partial charge in [-0.25, -0.2) is 0 Å². The number of anilines is 1. The zero-order chi connectivity index (χ0) is 15.1. The highest BCUT2D eigenvalue weighted by Gasteiger charge is 2.14. The quantitative estimate of drug-likeness (QED) is 0.857. The summed E-state index contributed by atoms with van der Waals surface area (Å²) in [5.41, 5.74) is 1.94. The molecule has 2 aromatic rings. The maximum atomic E-state index is 12.0. The fourth-order valence-corrected chi connectivity index (χ4v) is 1.91. The van der Waals surface area contributed by atoms with Gasteiger partial charge in [0.05, 0.1) is 0 Å². The fraction of sp³-hybridized carbons (Fsp3) is 0.235. The summed E-state index contributed by atoms with van der Waals surface area (Å²) in [6.45, 7) is 2.55. The van der Waals surface area contributed by atoms with Gasteiger partial charge in [0.25, 0.3) is 5.91 Å². The number of benzene rings is 2. The molecule has 0 bridgehead atoms. The normalized spacial score (nSPS) is 11.7. The molecule has 0 aliphatic carbocycles. The number of carbonyl (C=O) groups excluding carboxylic acids is 1. The van der Waals surface area contributed by atoms with E-state index in [9.17, 15) is 4.79 Å². The van der Waals surface area contributed by atoms with Gasteiger partial charge in [-0.15, -0.1) is 0 Å². The van der Waals surface area contributed by atoms with E-state index in [1.165, 1.54) is 5.56 Å². The van der Waals surface area contributed by atoms with Gasteiger partial charge in [-0.05, 0) is 43.8 Å². The van der Waals surface area contributed by atoms with Crippen molar-refractivity contribution in [2.45, 2.75) is 19.6 Å². The molecule has 1 amide bonds. The first-order valence-corrected chi connectivity index (χ1v) is 6.95. The van der Waals surface area contributed by atoms with E-state index in [0.717, 1.165) is 12.2 Å². The molecule has 0 saturated carbocycles. The Bertz CT molecular complexity index is 567. The van der Waals surface area contributed by atoms with Crippen molar-refractivity contribution < 1.29 is 9.53 Å². The Morgan fingerprint density at radius 3 is 2.38 bits per heavy atom. The molecule has 2 rings (SSSR count). The summed E-state index contributed by atoms with van der Waals surface area (Å²) < 4.78 is 5.65. The number of hydrogen-bond donors (Lipinski definition) is 2. The standard InChI is InChI=1S/C17H20N2O2/c1-13(17(20)19-15-6-4-3-5-7-15)21-16-10-8-14(9-11-16)12-18-2/h3-11,13,18H,12H2,1-2H3,(H,19,20). The summed E-state index contributed by atoms with van der Waals surface area (Å²) in [5.74, 6) is 0.520. The average molecular weight is 284 g/mol. The molecule has 21 heavy (non-hydrogen) atoms. The molecule has 2 aromatic carbocycles. The Morgan fingerprint density at radius 2 is 1.76 bits per heavy atom. The molecule has 4 heteroatoms. The van der Waals surface area contributed by atoms with Crippen LogP contribution < -0.4 is 15.4 Å². The van der Waals surface area contributed by atoms with E-state index >= 15 is 0 Å². The first-order valence-electron chi connectivity index (χ1n) is 6.95. The van der Waals surface area contributed by atoms with E-state index in [2.05, 4.69) is 10.6 Å². The van der Waals surface area contributed by atoms with Gasteiger partial charge in [0.2, 0.25) is 0 Å². The number of ether oxygens (including phenoxy) is 1. The van der Waals surface area contributed by atoms with Crippen LogP contribution in [-0.4, -0.2) is 19.1 Å². The molecular weight excluding hydrogens is 264 g/mol. The lowest BCUT2D eigenvalue weighted by atomic mass is 10.2. The molecule has 110 valence electrons. The number of hydrogen-bond acceptors (Lipinski definition) is 3. The number of amides is 1. The maximum Gasteiger partial charge on any atom is 0.265 e. The van der Waals surface area contributed by atoms with Crippen molar-refractivity contribution in [1.29, 1.82) is 0 Å². The minimum Gasteiger partial charge on any atom is -0.481 e. The molecule has 0 radical (unpaired) electrons. The first kappa shape index (κ1) is 15.1. The third kappa shape index (κ3) is 4.61. The average Bonchev–Trinajstić information content (AvgIpc) is 2.50. The Hall–Kier alpha value is -2.33. The maximum absolute atomic E-state index is 12.0. The second kappa shape index (κ2) is 7.45. The number of carbonyl (C=O) groups is 1. The van der Waals surface area contributed by atoms with Crippen LogP contribution in [-0.2, 0) is 11.3 Å². The third-order valence-electron chi connectivity index (χ3n) is 3.03. The molecule has 2 N–H and O–H groups in total. The van der Waals surface area contributed by atoms with Crippen molar-refractivity contribution >= 4 is 11.6 Å². The van der Waals surface area contributed by atoms with Crippen molar-refractivity contribution in [2.24, 2.45) is 0 Å². The van der Waals surface area contributed by atoms with Crippen LogP contribution in [0.15, 0.2) is 54.6 Å². The molecule has 0 fully saturated rings. The minimum absolute atomic E-state index is 0.166. The second-order valence-electron chi connectivity index (χ2n) is 4.79. The van der Waals surface area contributed by atoms with Crippen LogP contribution in [0.25, 0.3) is 0 Å². The van der Waals surface area contributed by atoms with E-state index in [-0.39, 0.29) is 5.91 Å². The Morgan fingerprint density at radius 1 is 1.10 bits per heavy atom. The van der Waals surface area contributed by atoms with Crippen LogP contribution in [0.5, 0.6) is 5.75 Å². The van der Waals surface area contributed by atoms with Crippen LogP contribution in [0.4, 0.5) is 5.69 Å². The lowest BCUT2D eigenvalue weighted by molar-refractivity contribution is -0.122. The Kier molecular flexibility index (Phi) is 5.35. The lowest BCUT2D eigenvalue weighted by Crippen LogP contribution is -2.30. The van der Waals surface area contributed by atoms with Gasteiger partial charge in [-0.2, -0.15) is 0 Å². The van der Waals surface area contributed by atoms with Crippen molar-refractivity contribution in [3.63, 3.8) is 0 Å². The largest absolute Gasteiger partial charge is 0.481 e. The first-order chi connectivity index (χ1) is 10.2. The molecular formula is C17H20N2O2. The SMILES string of the molecule is CNCc1ccc(OC(C)C(=O)Nc2ccccc2)cc1. The zero-order valence-corrected chi connectivity index (χ0v) is 12.3. The van der Waals surface area contributed by atoms with E-state index in [1.807, 2.05) is 61.6 Å². The van der Waals surface area contributed by atoms with Gasteiger partial charge in [0.15, 0.2) is 6.10 Å². The van der Waals surface area contributed by atoms with Crippen LogP contribution in [0.2, 0.25) is 0 Å². The van der Waals surface area contributed by atoms with Crippen LogP contribution in [0, 0.1) is 0 Å². The predicted molar refractivity (Wildman–Crippen MR) is 84.4 cm³/mol. The zero-order valence-electron chi connectivity index (χ0n) is 12.3. The van der Waals surface area contributed by atoms with Crippen molar-refractivity contribution in [1.82, 2.24) is 5.32 Å². The van der Waals surface area contributed by atoms with Gasteiger partial charge in [0.1, 0.15) is 5.75 Å². The van der Waals surface area contributed by atoms with Crippen LogP contribution in [0.1, 0.15) is 12.5 Å². The molecule has 0 aliphatic rings. The van der Waals surface area contributed by atoms with Crippen LogP contribution >= 0.6 is 0 Å². The summed E-state index contributed by atoms with van der Waals surface area (Å²) in [6, 6.07) is 17.1. The lowest BCUT2D eigenvalue weighted by Gasteiger charge is -2.15. The highest BCUT2D eigenvalue weighted by molar-refractivity contribution is 5.94. The predicted octanol–water partition coefficient (Wildman–Crippen LogP) is 2.81. The molecule has 4 nitrogen and oxygen atoms in total. The van der Waals surface area contributed by atoms with Crippen molar-refractivity contribution in [2.75, 3.05) is 12.4 Å². The Balaban J connectivity index is 1.91. The number of rotatable bonds is 6. The van der Waals surface area contributed by atoms with Crippen molar-refractivity contribution in [3.8, 4) is 5.75 Å². The van der Waals surface area contributed by atoms with E-state index in [0.29, 0.717) is 5.75 Å². The molecule has 0 saturated heterocycles. The summed E-state index contributed by atoms with van der Waals surface area (Å²) in [5, 5.41) is 5.90. The monoisotopic (exact) mass is 284 g/mol. The van der Waals surface area contributed by atoms with Gasteiger partial charge in [-0.3, -0.25) is 4.79 Å². The highest BCUT2D eigenvalue weighted by Crippen LogP contribution is 2.15. The smallest absolute Gasteiger partial charge is 0.265 e. The number of para-hydroxylation sites is 1. The summed E-state index contributed by atoms with van der Waals surface area (Å²) in [4.78, 5) is 12.0. The molecule has 0 aliphatic heterocycles. The molecule has 1 unspecified atom stereocenters. The van der Waals surface area contributed by atoms with Gasteiger partial charge < -0.3 is 15.4 Å². The Labute approximate surface area is 125 Å². The second-order valence-corrected chi connectivity index (χ2v) is 4.79.